The van der Waals surface area contributed by atoms with Gasteiger partial charge in [0.2, 0.25) is 0 Å². The number of benzene rings is 1. The van der Waals surface area contributed by atoms with Crippen molar-refractivity contribution in [2.24, 2.45) is 7.05 Å². The Morgan fingerprint density at radius 1 is 1.36 bits per heavy atom. The van der Waals surface area contributed by atoms with Crippen molar-refractivity contribution >= 4 is 34.0 Å². The summed E-state index contributed by atoms with van der Waals surface area (Å²) in [6.45, 7) is 1.85. The normalized spacial score (nSPS) is 10.7. The minimum absolute atomic E-state index is 0.217. The van der Waals surface area contributed by atoms with E-state index >= 15 is 0 Å². The van der Waals surface area contributed by atoms with Crippen LogP contribution in [0.2, 0.25) is 5.02 Å². The molecule has 5 nitrogen and oxygen atoms in total. The second-order valence-electron chi connectivity index (χ2n) is 4.74. The number of nitrogens with zero attached hydrogens (tertiary/aromatic N) is 3. The van der Waals surface area contributed by atoms with Gasteiger partial charge in [-0.2, -0.15) is 5.10 Å². The molecule has 0 aliphatic carbocycles. The van der Waals surface area contributed by atoms with E-state index in [1.54, 1.807) is 17.9 Å². The number of thiazole rings is 1. The van der Waals surface area contributed by atoms with Gasteiger partial charge in [0.1, 0.15) is 0 Å². The Morgan fingerprint density at radius 3 is 2.82 bits per heavy atom. The van der Waals surface area contributed by atoms with Crippen LogP contribution in [0.15, 0.2) is 35.8 Å². The summed E-state index contributed by atoms with van der Waals surface area (Å²) in [4.78, 5) is 16.7. The summed E-state index contributed by atoms with van der Waals surface area (Å²) in [5.41, 5.74) is 2.93. The second-order valence-corrected chi connectivity index (χ2v) is 6.00. The highest BCUT2D eigenvalue weighted by Gasteiger charge is 2.15. The first-order chi connectivity index (χ1) is 10.6. The minimum atomic E-state index is -0.217. The average Bonchev–Trinajstić information content (AvgIpc) is 3.08. The van der Waals surface area contributed by atoms with Crippen LogP contribution in [0.5, 0.6) is 0 Å². The summed E-state index contributed by atoms with van der Waals surface area (Å²) in [5.74, 6) is -0.217. The molecule has 2 heterocycles. The molecule has 0 spiro atoms. The van der Waals surface area contributed by atoms with Crippen LogP contribution in [0.25, 0.3) is 11.3 Å². The number of hydrogen-bond acceptors (Lipinski definition) is 4. The Labute approximate surface area is 136 Å². The average molecular weight is 333 g/mol. The summed E-state index contributed by atoms with van der Waals surface area (Å²) >= 11 is 7.52. The predicted octanol–water partition coefficient (Wildman–Crippen LogP) is 3.76. The van der Waals surface area contributed by atoms with Gasteiger partial charge in [-0.1, -0.05) is 29.8 Å². The maximum absolute atomic E-state index is 12.2. The Hall–Kier alpha value is -2.18. The van der Waals surface area contributed by atoms with Gasteiger partial charge >= 0.3 is 0 Å². The fourth-order valence-electron chi connectivity index (χ4n) is 2.01. The van der Waals surface area contributed by atoms with Crippen LogP contribution in [0.1, 0.15) is 16.1 Å². The summed E-state index contributed by atoms with van der Waals surface area (Å²) in [6.07, 6.45) is 1.55. The van der Waals surface area contributed by atoms with Crippen LogP contribution >= 0.6 is 22.9 Å². The van der Waals surface area contributed by atoms with E-state index in [4.69, 9.17) is 11.6 Å². The number of aryl methyl sites for hydroxylation is 1. The maximum atomic E-state index is 12.2. The summed E-state index contributed by atoms with van der Waals surface area (Å²) in [7, 11) is 1.80. The fraction of sp³-hybridized carbons (Fsp3) is 0.133. The number of nitrogens with one attached hydrogen (secondary N) is 1. The number of carbonyl (C=O) groups excluding carboxylic acids is 1. The molecule has 3 rings (SSSR count). The number of carbonyl (C=O) groups is 1. The van der Waals surface area contributed by atoms with Gasteiger partial charge in [-0.05, 0) is 13.0 Å². The molecule has 0 aliphatic rings. The first-order valence-corrected chi connectivity index (χ1v) is 7.82. The van der Waals surface area contributed by atoms with E-state index in [9.17, 15) is 4.79 Å². The van der Waals surface area contributed by atoms with Gasteiger partial charge in [0.15, 0.2) is 5.13 Å². The molecule has 3 aromatic rings. The van der Waals surface area contributed by atoms with E-state index in [1.807, 2.05) is 36.6 Å². The first kappa shape index (κ1) is 14.7. The highest BCUT2D eigenvalue weighted by Crippen LogP contribution is 2.30. The molecule has 7 heteroatoms. The zero-order valence-corrected chi connectivity index (χ0v) is 13.6. The molecule has 0 bridgehead atoms. The molecule has 2 aromatic heterocycles. The van der Waals surface area contributed by atoms with Gasteiger partial charge in [0.05, 0.1) is 17.5 Å². The Bertz CT molecular complexity index is 840. The summed E-state index contributed by atoms with van der Waals surface area (Å²) in [6, 6.07) is 7.48. The summed E-state index contributed by atoms with van der Waals surface area (Å²) in [5, 5.41) is 9.89. The Balaban J connectivity index is 1.82. The number of amides is 1. The van der Waals surface area contributed by atoms with Gasteiger partial charge in [-0.3, -0.25) is 14.8 Å². The largest absolute Gasteiger partial charge is 0.298 e. The molecule has 0 aliphatic heterocycles. The molecule has 22 heavy (non-hydrogen) atoms. The molecule has 0 radical (unpaired) electrons. The SMILES string of the molecule is Cc1c(C(=O)Nc2nc(-c3ccccc3Cl)cs2)cnn1C. The van der Waals surface area contributed by atoms with Crippen LogP contribution in [-0.2, 0) is 7.05 Å². The third kappa shape index (κ3) is 2.75. The first-order valence-electron chi connectivity index (χ1n) is 6.56. The number of rotatable bonds is 3. The Kier molecular flexibility index (Phi) is 3.96. The molecule has 0 saturated heterocycles. The van der Waals surface area contributed by atoms with Gasteiger partial charge in [-0.15, -0.1) is 11.3 Å². The van der Waals surface area contributed by atoms with Crippen molar-refractivity contribution in [1.29, 1.82) is 0 Å². The lowest BCUT2D eigenvalue weighted by molar-refractivity contribution is 0.102. The van der Waals surface area contributed by atoms with Crippen LogP contribution in [0, 0.1) is 6.92 Å². The highest BCUT2D eigenvalue weighted by molar-refractivity contribution is 7.14. The number of aromatic nitrogens is 3. The van der Waals surface area contributed by atoms with Gasteiger partial charge in [-0.25, -0.2) is 4.98 Å². The molecule has 1 aromatic carbocycles. The van der Waals surface area contributed by atoms with Crippen molar-refractivity contribution in [2.75, 3.05) is 5.32 Å². The molecular weight excluding hydrogens is 320 g/mol. The zero-order valence-electron chi connectivity index (χ0n) is 12.0. The topological polar surface area (TPSA) is 59.8 Å². The second kappa shape index (κ2) is 5.90. The third-order valence-electron chi connectivity index (χ3n) is 3.35. The lowest BCUT2D eigenvalue weighted by Crippen LogP contribution is -2.12. The monoisotopic (exact) mass is 332 g/mol. The summed E-state index contributed by atoms with van der Waals surface area (Å²) < 4.78 is 1.66. The molecule has 112 valence electrons. The third-order valence-corrected chi connectivity index (χ3v) is 4.44. The molecular formula is C15H13ClN4OS. The van der Waals surface area contributed by atoms with Crippen molar-refractivity contribution in [2.45, 2.75) is 6.92 Å². The number of anilines is 1. The van der Waals surface area contributed by atoms with Crippen LogP contribution < -0.4 is 5.32 Å². The van der Waals surface area contributed by atoms with Crippen LogP contribution in [-0.4, -0.2) is 20.7 Å². The fourth-order valence-corrected chi connectivity index (χ4v) is 2.95. The van der Waals surface area contributed by atoms with Crippen LogP contribution in [0.4, 0.5) is 5.13 Å². The predicted molar refractivity (Wildman–Crippen MR) is 88.5 cm³/mol. The van der Waals surface area contributed by atoms with Crippen molar-refractivity contribution in [1.82, 2.24) is 14.8 Å². The molecule has 0 atom stereocenters. The molecule has 0 saturated carbocycles. The quantitative estimate of drug-likeness (QED) is 0.794. The number of halogens is 1. The van der Waals surface area contributed by atoms with E-state index in [-0.39, 0.29) is 5.91 Å². The maximum Gasteiger partial charge on any atom is 0.260 e. The minimum Gasteiger partial charge on any atom is -0.298 e. The van der Waals surface area contributed by atoms with Gasteiger partial charge in [0.25, 0.3) is 5.91 Å². The van der Waals surface area contributed by atoms with Crippen molar-refractivity contribution in [3.8, 4) is 11.3 Å². The standard InChI is InChI=1S/C15H13ClN4OS/c1-9-11(7-17-20(9)2)14(21)19-15-18-13(8-22-15)10-5-3-4-6-12(10)16/h3-8H,1-2H3,(H,18,19,21). The number of hydrogen-bond donors (Lipinski definition) is 1. The lowest BCUT2D eigenvalue weighted by Gasteiger charge is -2.01. The van der Waals surface area contributed by atoms with E-state index < -0.39 is 0 Å². The van der Waals surface area contributed by atoms with Crippen molar-refractivity contribution < 1.29 is 4.79 Å². The van der Waals surface area contributed by atoms with E-state index in [2.05, 4.69) is 15.4 Å². The molecule has 1 amide bonds. The van der Waals surface area contributed by atoms with E-state index in [0.29, 0.717) is 15.7 Å². The molecule has 0 unspecified atom stereocenters. The van der Waals surface area contributed by atoms with Crippen molar-refractivity contribution in [3.05, 3.63) is 52.1 Å². The lowest BCUT2D eigenvalue weighted by atomic mass is 10.2. The van der Waals surface area contributed by atoms with Crippen LogP contribution in [0.3, 0.4) is 0 Å². The van der Waals surface area contributed by atoms with Gasteiger partial charge < -0.3 is 0 Å². The molecule has 0 fully saturated rings. The Morgan fingerprint density at radius 2 is 2.14 bits per heavy atom. The van der Waals surface area contributed by atoms with E-state index in [0.717, 1.165) is 17.0 Å². The van der Waals surface area contributed by atoms with E-state index in [1.165, 1.54) is 11.3 Å². The van der Waals surface area contributed by atoms with Crippen molar-refractivity contribution in [3.63, 3.8) is 0 Å². The van der Waals surface area contributed by atoms with Gasteiger partial charge in [0, 0.05) is 28.7 Å². The smallest absolute Gasteiger partial charge is 0.260 e. The molecule has 1 N–H and O–H groups in total. The highest BCUT2D eigenvalue weighted by atomic mass is 35.5. The zero-order chi connectivity index (χ0) is 15.7.